The van der Waals surface area contributed by atoms with Gasteiger partial charge in [-0.3, -0.25) is 4.79 Å². The van der Waals surface area contributed by atoms with Crippen molar-refractivity contribution in [2.75, 3.05) is 40.3 Å². The number of nitrogens with zero attached hydrogens (tertiary/aromatic N) is 2. The van der Waals surface area contributed by atoms with Crippen LogP contribution in [-0.2, 0) is 15.0 Å². The summed E-state index contributed by atoms with van der Waals surface area (Å²) in [5, 5.41) is 3.07. The first-order valence-electron chi connectivity index (χ1n) is 5.54. The smallest absolute Gasteiger partial charge is 0.280 e. The van der Waals surface area contributed by atoms with Crippen LogP contribution in [0.5, 0.6) is 0 Å². The van der Waals surface area contributed by atoms with Crippen molar-refractivity contribution in [1.29, 1.82) is 0 Å². The zero-order valence-electron chi connectivity index (χ0n) is 10.4. The molecule has 1 amide bonds. The van der Waals surface area contributed by atoms with Crippen molar-refractivity contribution in [1.82, 2.24) is 19.2 Å². The van der Waals surface area contributed by atoms with Gasteiger partial charge in [-0.15, -0.1) is 0 Å². The molecule has 0 aromatic rings. The summed E-state index contributed by atoms with van der Waals surface area (Å²) in [6.07, 6.45) is 0. The Kier molecular flexibility index (Phi) is 4.87. The van der Waals surface area contributed by atoms with E-state index in [-0.39, 0.29) is 5.91 Å². The Morgan fingerprint density at radius 1 is 1.35 bits per heavy atom. The molecule has 1 aliphatic heterocycles. The number of hydrogen-bond donors (Lipinski definition) is 2. The SMILES string of the molecule is CC(NS(=O)(=O)N1CCNCC1)C(=O)N(C)C. The fourth-order valence-corrected chi connectivity index (χ4v) is 2.98. The Hall–Kier alpha value is -0.700. The molecule has 0 aromatic carbocycles. The van der Waals surface area contributed by atoms with E-state index in [1.165, 1.54) is 9.21 Å². The van der Waals surface area contributed by atoms with E-state index in [0.717, 1.165) is 0 Å². The summed E-state index contributed by atoms with van der Waals surface area (Å²) in [6, 6.07) is -0.745. The topological polar surface area (TPSA) is 81.8 Å². The molecule has 0 aromatic heterocycles. The first-order valence-corrected chi connectivity index (χ1v) is 6.98. The first-order chi connectivity index (χ1) is 7.84. The third kappa shape index (κ3) is 3.91. The highest BCUT2D eigenvalue weighted by molar-refractivity contribution is 7.87. The van der Waals surface area contributed by atoms with Gasteiger partial charge in [0.15, 0.2) is 0 Å². The molecular formula is C9H20N4O3S. The van der Waals surface area contributed by atoms with Crippen LogP contribution in [0, 0.1) is 0 Å². The largest absolute Gasteiger partial charge is 0.347 e. The minimum absolute atomic E-state index is 0.260. The summed E-state index contributed by atoms with van der Waals surface area (Å²) < 4.78 is 27.6. The van der Waals surface area contributed by atoms with Gasteiger partial charge in [0.1, 0.15) is 0 Å². The minimum Gasteiger partial charge on any atom is -0.347 e. The molecule has 2 N–H and O–H groups in total. The average molecular weight is 264 g/mol. The summed E-state index contributed by atoms with van der Waals surface area (Å²) in [5.41, 5.74) is 0. The second-order valence-electron chi connectivity index (χ2n) is 4.23. The van der Waals surface area contributed by atoms with Crippen molar-refractivity contribution in [3.05, 3.63) is 0 Å². The fourth-order valence-electron chi connectivity index (χ4n) is 1.62. The molecule has 0 saturated carbocycles. The Morgan fingerprint density at radius 2 is 1.88 bits per heavy atom. The van der Waals surface area contributed by atoms with E-state index in [1.807, 2.05) is 0 Å². The molecule has 17 heavy (non-hydrogen) atoms. The van der Waals surface area contributed by atoms with E-state index in [4.69, 9.17) is 0 Å². The monoisotopic (exact) mass is 264 g/mol. The highest BCUT2D eigenvalue weighted by Gasteiger charge is 2.27. The minimum atomic E-state index is -3.57. The summed E-state index contributed by atoms with van der Waals surface area (Å²) in [5.74, 6) is -0.260. The summed E-state index contributed by atoms with van der Waals surface area (Å²) in [4.78, 5) is 12.9. The zero-order chi connectivity index (χ0) is 13.1. The van der Waals surface area contributed by atoms with E-state index < -0.39 is 16.3 Å². The summed E-state index contributed by atoms with van der Waals surface area (Å²) in [6.45, 7) is 3.67. The molecule has 1 heterocycles. The number of likely N-dealkylation sites (N-methyl/N-ethyl adjacent to an activating group) is 1. The van der Waals surface area contributed by atoms with Gasteiger partial charge < -0.3 is 10.2 Å². The predicted molar refractivity (Wildman–Crippen MR) is 64.7 cm³/mol. The molecule has 8 heteroatoms. The van der Waals surface area contributed by atoms with Gasteiger partial charge in [-0.05, 0) is 6.92 Å². The van der Waals surface area contributed by atoms with E-state index in [1.54, 1.807) is 21.0 Å². The zero-order valence-corrected chi connectivity index (χ0v) is 11.2. The van der Waals surface area contributed by atoms with Crippen LogP contribution in [0.4, 0.5) is 0 Å². The van der Waals surface area contributed by atoms with Gasteiger partial charge in [0, 0.05) is 40.3 Å². The maximum atomic E-state index is 11.9. The molecule has 1 unspecified atom stereocenters. The first kappa shape index (κ1) is 14.4. The molecule has 1 saturated heterocycles. The van der Waals surface area contributed by atoms with Crippen LogP contribution >= 0.6 is 0 Å². The molecule has 1 rings (SSSR count). The van der Waals surface area contributed by atoms with Crippen molar-refractivity contribution in [3.8, 4) is 0 Å². The van der Waals surface area contributed by atoms with Gasteiger partial charge >= 0.3 is 0 Å². The fraction of sp³-hybridized carbons (Fsp3) is 0.889. The van der Waals surface area contributed by atoms with Crippen LogP contribution in [0.3, 0.4) is 0 Å². The molecule has 0 spiro atoms. The summed E-state index contributed by atoms with van der Waals surface area (Å²) >= 11 is 0. The Balaban J connectivity index is 2.62. The van der Waals surface area contributed by atoms with Crippen LogP contribution in [0.1, 0.15) is 6.92 Å². The van der Waals surface area contributed by atoms with E-state index in [2.05, 4.69) is 10.0 Å². The lowest BCUT2D eigenvalue weighted by Gasteiger charge is -2.28. The van der Waals surface area contributed by atoms with Gasteiger partial charge in [-0.2, -0.15) is 17.4 Å². The average Bonchev–Trinajstić information content (AvgIpc) is 2.28. The normalized spacial score (nSPS) is 19.9. The van der Waals surface area contributed by atoms with Crippen LogP contribution in [0.15, 0.2) is 0 Å². The predicted octanol–water partition coefficient (Wildman–Crippen LogP) is -1.80. The van der Waals surface area contributed by atoms with Gasteiger partial charge in [0.2, 0.25) is 5.91 Å². The lowest BCUT2D eigenvalue weighted by molar-refractivity contribution is -0.130. The van der Waals surface area contributed by atoms with Crippen LogP contribution in [-0.4, -0.2) is 69.8 Å². The quantitative estimate of drug-likeness (QED) is 0.628. The second kappa shape index (κ2) is 5.76. The third-order valence-corrected chi connectivity index (χ3v) is 4.25. The maximum absolute atomic E-state index is 11.9. The lowest BCUT2D eigenvalue weighted by atomic mass is 10.3. The highest BCUT2D eigenvalue weighted by atomic mass is 32.2. The number of carbonyl (C=O) groups is 1. The number of piperazine rings is 1. The van der Waals surface area contributed by atoms with Gasteiger partial charge in [-0.25, -0.2) is 0 Å². The van der Waals surface area contributed by atoms with Crippen molar-refractivity contribution in [2.45, 2.75) is 13.0 Å². The van der Waals surface area contributed by atoms with Crippen LogP contribution in [0.2, 0.25) is 0 Å². The van der Waals surface area contributed by atoms with Gasteiger partial charge in [0.25, 0.3) is 10.2 Å². The number of rotatable bonds is 4. The molecule has 7 nitrogen and oxygen atoms in total. The standard InChI is InChI=1S/C9H20N4O3S/c1-8(9(14)12(2)3)11-17(15,16)13-6-4-10-5-7-13/h8,10-11H,4-7H2,1-3H3. The maximum Gasteiger partial charge on any atom is 0.280 e. The van der Waals surface area contributed by atoms with Crippen molar-refractivity contribution in [2.24, 2.45) is 0 Å². The number of amides is 1. The Labute approximate surface area is 102 Å². The summed E-state index contributed by atoms with van der Waals surface area (Å²) in [7, 11) is -0.375. The third-order valence-electron chi connectivity index (χ3n) is 2.55. The number of hydrogen-bond acceptors (Lipinski definition) is 4. The molecule has 0 radical (unpaired) electrons. The highest BCUT2D eigenvalue weighted by Crippen LogP contribution is 2.02. The number of nitrogens with one attached hydrogen (secondary N) is 2. The van der Waals surface area contributed by atoms with Crippen LogP contribution < -0.4 is 10.0 Å². The van der Waals surface area contributed by atoms with Crippen molar-refractivity contribution in [3.63, 3.8) is 0 Å². The molecule has 0 bridgehead atoms. The molecule has 100 valence electrons. The molecule has 1 atom stereocenters. The van der Waals surface area contributed by atoms with E-state index in [9.17, 15) is 13.2 Å². The van der Waals surface area contributed by atoms with Gasteiger partial charge in [-0.1, -0.05) is 0 Å². The Morgan fingerprint density at radius 3 is 2.35 bits per heavy atom. The molecular weight excluding hydrogens is 244 g/mol. The molecule has 1 fully saturated rings. The number of carbonyl (C=O) groups excluding carboxylic acids is 1. The van der Waals surface area contributed by atoms with Gasteiger partial charge in [0.05, 0.1) is 6.04 Å². The Bertz CT molecular complexity index is 362. The van der Waals surface area contributed by atoms with Crippen molar-refractivity contribution < 1.29 is 13.2 Å². The molecule has 1 aliphatic rings. The molecule has 0 aliphatic carbocycles. The van der Waals surface area contributed by atoms with E-state index >= 15 is 0 Å². The second-order valence-corrected chi connectivity index (χ2v) is 5.93. The van der Waals surface area contributed by atoms with Crippen LogP contribution in [0.25, 0.3) is 0 Å². The van der Waals surface area contributed by atoms with E-state index in [0.29, 0.717) is 26.2 Å². The lowest BCUT2D eigenvalue weighted by Crippen LogP contribution is -2.54. The van der Waals surface area contributed by atoms with Crippen molar-refractivity contribution >= 4 is 16.1 Å².